The number of hydrogen-bond donors (Lipinski definition) is 2. The molecule has 0 spiro atoms. The lowest BCUT2D eigenvalue weighted by Gasteiger charge is -2.13. The van der Waals surface area contributed by atoms with Gasteiger partial charge < -0.3 is 10.2 Å². The maximum atomic E-state index is 13.1. The predicted octanol–water partition coefficient (Wildman–Crippen LogP) is 2.04. The smallest absolute Gasteiger partial charge is 0.304 e. The lowest BCUT2D eigenvalue weighted by Crippen LogP contribution is -2.13. The van der Waals surface area contributed by atoms with Crippen molar-refractivity contribution in [3.8, 4) is 5.75 Å². The zero-order valence-electron chi connectivity index (χ0n) is 8.03. The summed E-state index contributed by atoms with van der Waals surface area (Å²) < 4.78 is 13.1. The maximum absolute atomic E-state index is 13.1. The number of carbonyl (C=O) groups is 1. The minimum Gasteiger partial charge on any atom is -0.505 e. The molecule has 0 aliphatic heterocycles. The van der Waals surface area contributed by atoms with Crippen LogP contribution >= 0.6 is 0 Å². The van der Waals surface area contributed by atoms with Gasteiger partial charge in [0.25, 0.3) is 0 Å². The lowest BCUT2D eigenvalue weighted by atomic mass is 9.92. The Morgan fingerprint density at radius 3 is 2.60 bits per heavy atom. The minimum atomic E-state index is -0.874. The molecule has 2 N–H and O–H groups in total. The third kappa shape index (κ3) is 1.79. The van der Waals surface area contributed by atoms with Crippen LogP contribution in [0.1, 0.15) is 24.8 Å². The summed E-state index contributed by atoms with van der Waals surface area (Å²) in [5.41, 5.74) is 0.264. The molecule has 0 aromatic heterocycles. The van der Waals surface area contributed by atoms with E-state index in [1.54, 1.807) is 6.07 Å². The van der Waals surface area contributed by atoms with Crippen molar-refractivity contribution in [2.75, 3.05) is 0 Å². The van der Waals surface area contributed by atoms with Gasteiger partial charge in [0, 0.05) is 5.41 Å². The molecule has 1 aromatic rings. The van der Waals surface area contributed by atoms with Crippen LogP contribution in [0.4, 0.5) is 4.39 Å². The molecule has 0 radical (unpaired) electrons. The zero-order valence-corrected chi connectivity index (χ0v) is 8.03. The molecule has 0 atom stereocenters. The Bertz CT molecular complexity index is 410. The van der Waals surface area contributed by atoms with Gasteiger partial charge in [0.2, 0.25) is 0 Å². The number of halogens is 1. The van der Waals surface area contributed by atoms with Crippen LogP contribution in [-0.2, 0) is 10.2 Å². The largest absolute Gasteiger partial charge is 0.505 e. The molecule has 4 heteroatoms. The van der Waals surface area contributed by atoms with Gasteiger partial charge in [-0.05, 0) is 30.5 Å². The first-order valence-electron chi connectivity index (χ1n) is 4.74. The summed E-state index contributed by atoms with van der Waals surface area (Å²) in [6, 6.07) is 4.09. The molecule has 3 nitrogen and oxygen atoms in total. The molecular weight excluding hydrogens is 199 g/mol. The molecule has 1 aliphatic rings. The maximum Gasteiger partial charge on any atom is 0.304 e. The highest BCUT2D eigenvalue weighted by Crippen LogP contribution is 2.51. The second-order valence-electron chi connectivity index (χ2n) is 4.02. The minimum absolute atomic E-state index is 0.0250. The summed E-state index contributed by atoms with van der Waals surface area (Å²) in [5, 5.41) is 17.8. The van der Waals surface area contributed by atoms with Crippen molar-refractivity contribution in [1.82, 2.24) is 0 Å². The highest BCUT2D eigenvalue weighted by Gasteiger charge is 2.46. The van der Waals surface area contributed by atoms with E-state index >= 15 is 0 Å². The Labute approximate surface area is 86.2 Å². The average Bonchev–Trinajstić information content (AvgIpc) is 2.89. The third-order valence-corrected chi connectivity index (χ3v) is 2.90. The van der Waals surface area contributed by atoms with Crippen LogP contribution in [0.2, 0.25) is 0 Å². The molecule has 0 saturated heterocycles. The Balaban J connectivity index is 2.29. The summed E-state index contributed by atoms with van der Waals surface area (Å²) in [7, 11) is 0. The average molecular weight is 210 g/mol. The van der Waals surface area contributed by atoms with Gasteiger partial charge in [-0.1, -0.05) is 6.07 Å². The first-order chi connectivity index (χ1) is 7.03. The molecule has 1 saturated carbocycles. The van der Waals surface area contributed by atoms with E-state index in [2.05, 4.69) is 0 Å². The van der Waals surface area contributed by atoms with Gasteiger partial charge >= 0.3 is 5.97 Å². The van der Waals surface area contributed by atoms with Crippen molar-refractivity contribution >= 4 is 5.97 Å². The van der Waals surface area contributed by atoms with Gasteiger partial charge in [-0.3, -0.25) is 4.79 Å². The fourth-order valence-electron chi connectivity index (χ4n) is 1.84. The molecule has 2 rings (SSSR count). The van der Waals surface area contributed by atoms with Crippen LogP contribution in [0.15, 0.2) is 18.2 Å². The standard InChI is InChI=1S/C11H11FO3/c12-8-5-7(1-2-9(8)13)11(3-4-11)6-10(14)15/h1-2,5,13H,3-4,6H2,(H,14,15). The molecule has 0 unspecified atom stereocenters. The third-order valence-electron chi connectivity index (χ3n) is 2.90. The highest BCUT2D eigenvalue weighted by atomic mass is 19.1. The number of aromatic hydroxyl groups is 1. The van der Waals surface area contributed by atoms with Crippen molar-refractivity contribution in [2.45, 2.75) is 24.7 Å². The van der Waals surface area contributed by atoms with E-state index < -0.39 is 23.0 Å². The Hall–Kier alpha value is -1.58. The fraction of sp³-hybridized carbons (Fsp3) is 0.364. The number of rotatable bonds is 3. The van der Waals surface area contributed by atoms with Gasteiger partial charge in [0.15, 0.2) is 11.6 Å². The van der Waals surface area contributed by atoms with E-state index in [1.165, 1.54) is 12.1 Å². The van der Waals surface area contributed by atoms with Crippen LogP contribution in [0, 0.1) is 5.82 Å². The van der Waals surface area contributed by atoms with Gasteiger partial charge in [-0.25, -0.2) is 4.39 Å². The molecule has 15 heavy (non-hydrogen) atoms. The molecule has 1 aromatic carbocycles. The second-order valence-corrected chi connectivity index (χ2v) is 4.02. The van der Waals surface area contributed by atoms with Gasteiger partial charge in [0.1, 0.15) is 0 Å². The van der Waals surface area contributed by atoms with Crippen molar-refractivity contribution < 1.29 is 19.4 Å². The van der Waals surface area contributed by atoms with Crippen molar-refractivity contribution in [2.24, 2.45) is 0 Å². The summed E-state index contributed by atoms with van der Waals surface area (Å²) in [4.78, 5) is 10.6. The Morgan fingerprint density at radius 1 is 1.47 bits per heavy atom. The van der Waals surface area contributed by atoms with E-state index in [0.29, 0.717) is 5.56 Å². The monoisotopic (exact) mass is 210 g/mol. The number of carboxylic acid groups (broad SMARTS) is 1. The Morgan fingerprint density at radius 2 is 2.13 bits per heavy atom. The number of phenols is 1. The van der Waals surface area contributed by atoms with Crippen molar-refractivity contribution in [3.63, 3.8) is 0 Å². The zero-order chi connectivity index (χ0) is 11.1. The van der Waals surface area contributed by atoms with Gasteiger partial charge in [-0.15, -0.1) is 0 Å². The first kappa shape index (κ1) is 9.96. The van der Waals surface area contributed by atoms with Crippen LogP contribution in [-0.4, -0.2) is 16.2 Å². The quantitative estimate of drug-likeness (QED) is 0.802. The summed E-state index contributed by atoms with van der Waals surface area (Å²) in [6.07, 6.45) is 1.56. The van der Waals surface area contributed by atoms with E-state index in [0.717, 1.165) is 12.8 Å². The van der Waals surface area contributed by atoms with E-state index in [4.69, 9.17) is 10.2 Å². The highest BCUT2D eigenvalue weighted by molar-refractivity contribution is 5.70. The van der Waals surface area contributed by atoms with E-state index in [1.807, 2.05) is 0 Å². The lowest BCUT2D eigenvalue weighted by molar-refractivity contribution is -0.137. The van der Waals surface area contributed by atoms with Crippen LogP contribution < -0.4 is 0 Å². The molecule has 1 aliphatic carbocycles. The first-order valence-corrected chi connectivity index (χ1v) is 4.74. The summed E-state index contributed by atoms with van der Waals surface area (Å²) in [5.74, 6) is -1.96. The molecule has 80 valence electrons. The van der Waals surface area contributed by atoms with Gasteiger partial charge in [-0.2, -0.15) is 0 Å². The Kier molecular flexibility index (Phi) is 2.14. The molecule has 1 fully saturated rings. The number of phenolic OH excluding ortho intramolecular Hbond substituents is 1. The number of aliphatic carboxylic acids is 1. The van der Waals surface area contributed by atoms with Crippen molar-refractivity contribution in [3.05, 3.63) is 29.6 Å². The van der Waals surface area contributed by atoms with Crippen LogP contribution in [0.5, 0.6) is 5.75 Å². The normalized spacial score (nSPS) is 17.4. The number of benzene rings is 1. The SMILES string of the molecule is O=C(O)CC1(c2ccc(O)c(F)c2)CC1. The fourth-order valence-corrected chi connectivity index (χ4v) is 1.84. The van der Waals surface area contributed by atoms with Crippen LogP contribution in [0.3, 0.4) is 0 Å². The van der Waals surface area contributed by atoms with Crippen LogP contribution in [0.25, 0.3) is 0 Å². The molecular formula is C11H11FO3. The number of carboxylic acids is 1. The van der Waals surface area contributed by atoms with E-state index in [9.17, 15) is 9.18 Å². The number of hydrogen-bond acceptors (Lipinski definition) is 2. The van der Waals surface area contributed by atoms with Gasteiger partial charge in [0.05, 0.1) is 6.42 Å². The predicted molar refractivity (Wildman–Crippen MR) is 51.2 cm³/mol. The summed E-state index contributed by atoms with van der Waals surface area (Å²) >= 11 is 0. The second kappa shape index (κ2) is 3.22. The topological polar surface area (TPSA) is 57.5 Å². The van der Waals surface area contributed by atoms with Crippen molar-refractivity contribution in [1.29, 1.82) is 0 Å². The summed E-state index contributed by atoms with van der Waals surface area (Å²) in [6.45, 7) is 0. The molecule has 0 bridgehead atoms. The molecule has 0 heterocycles. The molecule has 0 amide bonds. The van der Waals surface area contributed by atoms with E-state index in [-0.39, 0.29) is 6.42 Å².